The zero-order valence-corrected chi connectivity index (χ0v) is 19.4. The molecule has 1 heterocycles. The van der Waals surface area contributed by atoms with Crippen molar-refractivity contribution in [3.8, 4) is 5.75 Å². The average molecular weight is 445 g/mol. The number of nitrogens with one attached hydrogen (secondary N) is 1. The molecule has 1 aliphatic rings. The van der Waals surface area contributed by atoms with Crippen molar-refractivity contribution in [3.63, 3.8) is 0 Å². The number of hydrogen-bond acceptors (Lipinski definition) is 4. The fourth-order valence-corrected chi connectivity index (χ4v) is 5.40. The van der Waals surface area contributed by atoms with Gasteiger partial charge in [-0.2, -0.15) is 4.31 Å². The highest BCUT2D eigenvalue weighted by Gasteiger charge is 2.27. The van der Waals surface area contributed by atoms with E-state index in [1.54, 1.807) is 6.07 Å². The third-order valence-corrected chi connectivity index (χ3v) is 7.75. The van der Waals surface area contributed by atoms with Gasteiger partial charge in [-0.25, -0.2) is 8.42 Å². The summed E-state index contributed by atoms with van der Waals surface area (Å²) in [5.41, 5.74) is 2.43. The van der Waals surface area contributed by atoms with Crippen LogP contribution in [0.15, 0.2) is 47.4 Å². The number of aryl methyl sites for hydroxylation is 1. The van der Waals surface area contributed by atoms with E-state index >= 15 is 0 Å². The summed E-state index contributed by atoms with van der Waals surface area (Å²) < 4.78 is 33.2. The van der Waals surface area contributed by atoms with Gasteiger partial charge in [0.05, 0.1) is 23.6 Å². The summed E-state index contributed by atoms with van der Waals surface area (Å²) in [5, 5.41) is 2.97. The molecule has 0 bridgehead atoms. The molecule has 0 radical (unpaired) electrons. The van der Waals surface area contributed by atoms with Crippen LogP contribution in [0.3, 0.4) is 0 Å². The topological polar surface area (TPSA) is 75.7 Å². The van der Waals surface area contributed by atoms with E-state index in [-0.39, 0.29) is 22.4 Å². The molecule has 0 unspecified atom stereocenters. The van der Waals surface area contributed by atoms with Gasteiger partial charge >= 0.3 is 0 Å². The van der Waals surface area contributed by atoms with E-state index in [1.807, 2.05) is 31.2 Å². The van der Waals surface area contributed by atoms with Crippen LogP contribution in [0.1, 0.15) is 67.1 Å². The smallest absolute Gasteiger partial charge is 0.255 e. The molecule has 3 rings (SSSR count). The number of carbonyl (C=O) groups excluding carboxylic acids is 1. The molecular formula is C24H32N2O4S. The second-order valence-corrected chi connectivity index (χ2v) is 9.91. The van der Waals surface area contributed by atoms with Gasteiger partial charge in [-0.15, -0.1) is 0 Å². The summed E-state index contributed by atoms with van der Waals surface area (Å²) in [7, 11) is -2.18. The zero-order valence-electron chi connectivity index (χ0n) is 18.6. The Labute approximate surface area is 185 Å². The number of ether oxygens (including phenoxy) is 1. The van der Waals surface area contributed by atoms with Crippen LogP contribution in [0.2, 0.25) is 0 Å². The number of sulfonamides is 1. The van der Waals surface area contributed by atoms with Gasteiger partial charge in [0.15, 0.2) is 0 Å². The lowest BCUT2D eigenvalue weighted by molar-refractivity contribution is 0.0936. The molecule has 1 aliphatic heterocycles. The second kappa shape index (κ2) is 10.3. The van der Waals surface area contributed by atoms with Crippen LogP contribution in [-0.2, 0) is 16.4 Å². The Morgan fingerprint density at radius 3 is 2.29 bits per heavy atom. The average Bonchev–Trinajstić information content (AvgIpc) is 3.09. The SMILES string of the molecule is CCc1ccc([C@H](C)NC(=O)c2cc(S(=O)(=O)N3CCCCCC3)ccc2OC)cc1. The first-order valence-corrected chi connectivity index (χ1v) is 12.4. The second-order valence-electron chi connectivity index (χ2n) is 7.97. The number of methoxy groups -OCH3 is 1. The highest BCUT2D eigenvalue weighted by atomic mass is 32.2. The van der Waals surface area contributed by atoms with E-state index in [4.69, 9.17) is 4.74 Å². The number of rotatable bonds is 7. The molecule has 2 aromatic carbocycles. The van der Waals surface area contributed by atoms with Crippen molar-refractivity contribution in [1.29, 1.82) is 0 Å². The fourth-order valence-electron chi connectivity index (χ4n) is 3.86. The van der Waals surface area contributed by atoms with E-state index in [0.29, 0.717) is 18.8 Å². The minimum Gasteiger partial charge on any atom is -0.496 e. The molecule has 0 saturated carbocycles. The van der Waals surface area contributed by atoms with Crippen LogP contribution < -0.4 is 10.1 Å². The van der Waals surface area contributed by atoms with Gasteiger partial charge in [0, 0.05) is 13.1 Å². The number of benzene rings is 2. The Morgan fingerprint density at radius 1 is 1.06 bits per heavy atom. The lowest BCUT2D eigenvalue weighted by atomic mass is 10.0. The molecule has 168 valence electrons. The van der Waals surface area contributed by atoms with E-state index < -0.39 is 10.0 Å². The summed E-state index contributed by atoms with van der Waals surface area (Å²) in [6, 6.07) is 12.4. The maximum atomic E-state index is 13.2. The summed E-state index contributed by atoms with van der Waals surface area (Å²) in [5.74, 6) is -0.0160. The van der Waals surface area contributed by atoms with Crippen molar-refractivity contribution in [1.82, 2.24) is 9.62 Å². The third kappa shape index (κ3) is 5.46. The lowest BCUT2D eigenvalue weighted by Gasteiger charge is -2.21. The molecule has 1 atom stereocenters. The Balaban J connectivity index is 1.84. The van der Waals surface area contributed by atoms with Crippen LogP contribution in [-0.4, -0.2) is 38.8 Å². The maximum absolute atomic E-state index is 13.2. The normalized spacial score (nSPS) is 16.4. The standard InChI is InChI=1S/C24H32N2O4S/c1-4-19-9-11-20(12-10-19)18(2)25-24(27)22-17-21(13-14-23(22)30-3)31(28,29)26-15-7-5-6-8-16-26/h9-14,17-18H,4-8,15-16H2,1-3H3,(H,25,27)/t18-/m0/s1. The van der Waals surface area contributed by atoms with Gasteiger partial charge in [0.1, 0.15) is 5.75 Å². The summed E-state index contributed by atoms with van der Waals surface area (Å²) in [6.07, 6.45) is 4.75. The molecule has 1 N–H and O–H groups in total. The summed E-state index contributed by atoms with van der Waals surface area (Å²) in [4.78, 5) is 13.2. The molecule has 0 spiro atoms. The van der Waals surface area contributed by atoms with Crippen LogP contribution in [0, 0.1) is 0 Å². The van der Waals surface area contributed by atoms with Gasteiger partial charge in [0.25, 0.3) is 5.91 Å². The summed E-state index contributed by atoms with van der Waals surface area (Å²) >= 11 is 0. The van der Waals surface area contributed by atoms with Crippen LogP contribution in [0.4, 0.5) is 0 Å². The number of nitrogens with zero attached hydrogens (tertiary/aromatic N) is 1. The maximum Gasteiger partial charge on any atom is 0.255 e. The number of carbonyl (C=O) groups is 1. The first kappa shape index (κ1) is 23.3. The van der Waals surface area contributed by atoms with Gasteiger partial charge in [-0.3, -0.25) is 4.79 Å². The van der Waals surface area contributed by atoms with Crippen LogP contribution in [0.5, 0.6) is 5.75 Å². The highest BCUT2D eigenvalue weighted by Crippen LogP contribution is 2.27. The monoisotopic (exact) mass is 444 g/mol. The zero-order chi connectivity index (χ0) is 22.4. The van der Waals surface area contributed by atoms with E-state index in [2.05, 4.69) is 12.2 Å². The van der Waals surface area contributed by atoms with Crippen molar-refractivity contribution in [2.24, 2.45) is 0 Å². The molecule has 7 heteroatoms. The van der Waals surface area contributed by atoms with Crippen molar-refractivity contribution in [2.45, 2.75) is 56.9 Å². The number of hydrogen-bond donors (Lipinski definition) is 1. The largest absolute Gasteiger partial charge is 0.496 e. The van der Waals surface area contributed by atoms with Crippen molar-refractivity contribution in [3.05, 3.63) is 59.2 Å². The van der Waals surface area contributed by atoms with Crippen molar-refractivity contribution < 1.29 is 17.9 Å². The lowest BCUT2D eigenvalue weighted by Crippen LogP contribution is -2.32. The molecule has 1 saturated heterocycles. The van der Waals surface area contributed by atoms with Crippen molar-refractivity contribution in [2.75, 3.05) is 20.2 Å². The quantitative estimate of drug-likeness (QED) is 0.690. The highest BCUT2D eigenvalue weighted by molar-refractivity contribution is 7.89. The van der Waals surface area contributed by atoms with Crippen LogP contribution in [0.25, 0.3) is 0 Å². The molecule has 0 aliphatic carbocycles. The van der Waals surface area contributed by atoms with Gasteiger partial charge in [-0.05, 0) is 55.5 Å². The first-order valence-electron chi connectivity index (χ1n) is 10.9. The predicted octanol–water partition coefficient (Wildman–Crippen LogP) is 4.31. The van der Waals surface area contributed by atoms with Crippen LogP contribution >= 0.6 is 0 Å². The Kier molecular flexibility index (Phi) is 7.73. The third-order valence-electron chi connectivity index (χ3n) is 5.85. The van der Waals surface area contributed by atoms with Gasteiger partial charge in [-0.1, -0.05) is 44.0 Å². The Bertz CT molecular complexity index is 995. The van der Waals surface area contributed by atoms with E-state index in [0.717, 1.165) is 37.7 Å². The molecule has 2 aromatic rings. The minimum absolute atomic E-state index is 0.125. The van der Waals surface area contributed by atoms with Crippen molar-refractivity contribution >= 4 is 15.9 Å². The number of amides is 1. The first-order chi connectivity index (χ1) is 14.9. The molecule has 0 aromatic heterocycles. The molecular weight excluding hydrogens is 412 g/mol. The van der Waals surface area contributed by atoms with Gasteiger partial charge in [0.2, 0.25) is 10.0 Å². The predicted molar refractivity (Wildman–Crippen MR) is 122 cm³/mol. The summed E-state index contributed by atoms with van der Waals surface area (Å²) in [6.45, 7) is 5.03. The van der Waals surface area contributed by atoms with Gasteiger partial charge < -0.3 is 10.1 Å². The molecule has 31 heavy (non-hydrogen) atoms. The van der Waals surface area contributed by atoms with E-state index in [1.165, 1.54) is 29.1 Å². The fraction of sp³-hybridized carbons (Fsp3) is 0.458. The Morgan fingerprint density at radius 2 is 1.71 bits per heavy atom. The van der Waals surface area contributed by atoms with E-state index in [9.17, 15) is 13.2 Å². The molecule has 1 fully saturated rings. The minimum atomic E-state index is -3.66. The molecule has 1 amide bonds. The Hall–Kier alpha value is -2.38. The molecule has 6 nitrogen and oxygen atoms in total.